The van der Waals surface area contributed by atoms with Crippen LogP contribution in [0.15, 0.2) is 334 Å². The number of fused-ring (bicyclic) bond motifs is 10. The molecule has 0 radical (unpaired) electrons. The van der Waals surface area contributed by atoms with Crippen LogP contribution in [0.5, 0.6) is 0 Å². The highest BCUT2D eigenvalue weighted by Crippen LogP contribution is 2.48. The lowest BCUT2D eigenvalue weighted by molar-refractivity contribution is 0.591. The van der Waals surface area contributed by atoms with E-state index in [4.69, 9.17) is 0 Å². The van der Waals surface area contributed by atoms with Crippen molar-refractivity contribution in [1.82, 2.24) is 9.13 Å². The van der Waals surface area contributed by atoms with E-state index in [1.807, 2.05) is 0 Å². The Morgan fingerprint density at radius 2 is 0.490 bits per heavy atom. The number of para-hydroxylation sites is 1. The Kier molecular flexibility index (Phi) is 14.3. The molecule has 0 aliphatic rings. The van der Waals surface area contributed by atoms with E-state index in [2.05, 4.69) is 377 Å². The molecule has 18 rings (SSSR count). The zero-order valence-corrected chi connectivity index (χ0v) is 54.6. The molecule has 18 aromatic rings. The van der Waals surface area contributed by atoms with Gasteiger partial charge in [0.05, 0.1) is 22.1 Å². The fraction of sp³-hybridized carbons (Fsp3) is 0.0638. The Labute approximate surface area is 560 Å². The third kappa shape index (κ3) is 10.0. The van der Waals surface area contributed by atoms with Crippen molar-refractivity contribution in [2.24, 2.45) is 0 Å². The second kappa shape index (κ2) is 23.6. The monoisotopic (exact) mass is 1230 g/mol. The SMILES string of the molecule is Cc1ccc2c(c1)c1cc(C)ccc1n2-c1ccc(-c2c3ccccc3c(-c3ccc(-c4ccccc4)cc3)c3cc(C(C)(C)C)ccc23)cc1.c1ccc(-c2ccc3c(c2)c2ccccc2n3-c2ccc(-c3c4ccccc4c(-c4ccccc4)c4ccccc34)cc2)cc1. The van der Waals surface area contributed by atoms with E-state index in [0.717, 1.165) is 5.69 Å². The van der Waals surface area contributed by atoms with Crippen LogP contribution >= 0.6 is 0 Å². The van der Waals surface area contributed by atoms with Crippen LogP contribution in [0.1, 0.15) is 37.5 Å². The van der Waals surface area contributed by atoms with Gasteiger partial charge in [-0.15, -0.1) is 0 Å². The van der Waals surface area contributed by atoms with Gasteiger partial charge in [-0.25, -0.2) is 0 Å². The first-order chi connectivity index (χ1) is 47.1. The second-order valence-corrected chi connectivity index (χ2v) is 26.9. The van der Waals surface area contributed by atoms with E-state index < -0.39 is 0 Å². The number of benzene rings is 16. The van der Waals surface area contributed by atoms with E-state index in [-0.39, 0.29) is 5.41 Å². The summed E-state index contributed by atoms with van der Waals surface area (Å²) in [6, 6.07) is 123. The van der Waals surface area contributed by atoms with Crippen molar-refractivity contribution in [1.29, 1.82) is 0 Å². The van der Waals surface area contributed by atoms with Crippen LogP contribution in [0.2, 0.25) is 0 Å². The summed E-state index contributed by atoms with van der Waals surface area (Å²) in [7, 11) is 0. The Bertz CT molecular complexity index is 5890. The summed E-state index contributed by atoms with van der Waals surface area (Å²) >= 11 is 0. The zero-order valence-electron chi connectivity index (χ0n) is 54.6. The topological polar surface area (TPSA) is 9.86 Å². The predicted octanol–water partition coefficient (Wildman–Crippen LogP) is 26.1. The summed E-state index contributed by atoms with van der Waals surface area (Å²) in [5.41, 5.74) is 26.2. The predicted molar refractivity (Wildman–Crippen MR) is 412 cm³/mol. The molecule has 96 heavy (non-hydrogen) atoms. The van der Waals surface area contributed by atoms with Gasteiger partial charge in [0.2, 0.25) is 0 Å². The van der Waals surface area contributed by atoms with Crippen molar-refractivity contribution in [2.75, 3.05) is 0 Å². The maximum absolute atomic E-state index is 2.45. The van der Waals surface area contributed by atoms with Crippen molar-refractivity contribution >= 4 is 86.7 Å². The summed E-state index contributed by atoms with van der Waals surface area (Å²) < 4.78 is 4.82. The van der Waals surface area contributed by atoms with Crippen molar-refractivity contribution < 1.29 is 0 Å². The first-order valence-electron chi connectivity index (χ1n) is 33.5. The van der Waals surface area contributed by atoms with E-state index in [0.29, 0.717) is 0 Å². The summed E-state index contributed by atoms with van der Waals surface area (Å²) in [5.74, 6) is 0. The molecule has 0 atom stereocenters. The van der Waals surface area contributed by atoms with E-state index in [9.17, 15) is 0 Å². The molecule has 2 heterocycles. The Hall–Kier alpha value is -11.8. The summed E-state index contributed by atoms with van der Waals surface area (Å²) in [4.78, 5) is 0. The molecule has 0 spiro atoms. The van der Waals surface area contributed by atoms with Crippen molar-refractivity contribution in [3.05, 3.63) is 350 Å². The number of hydrogen-bond donors (Lipinski definition) is 0. The highest BCUT2D eigenvalue weighted by Gasteiger charge is 2.23. The molecule has 2 nitrogen and oxygen atoms in total. The van der Waals surface area contributed by atoms with Crippen LogP contribution in [0.4, 0.5) is 0 Å². The Morgan fingerprint density at radius 1 is 0.198 bits per heavy atom. The molecule has 0 fully saturated rings. The number of nitrogens with zero attached hydrogens (tertiary/aromatic N) is 2. The highest BCUT2D eigenvalue weighted by molar-refractivity contribution is 6.23. The lowest BCUT2D eigenvalue weighted by Gasteiger charge is -2.23. The molecular weight excluding hydrogens is 1160 g/mol. The van der Waals surface area contributed by atoms with Gasteiger partial charge in [-0.3, -0.25) is 0 Å². The Morgan fingerprint density at radius 3 is 0.927 bits per heavy atom. The lowest BCUT2D eigenvalue weighted by Crippen LogP contribution is -2.10. The van der Waals surface area contributed by atoms with Gasteiger partial charge in [-0.1, -0.05) is 293 Å². The standard InChI is InChI=1S/C50H41N.C44H29N/c1-32-15-27-46-43(29-32)44-30-33(2)16-28-47(44)51(46)39-24-21-37(22-25-39)48-40-13-9-10-14-41(40)49(45-31-38(50(3,4)5)23-26-42(45)48)36-19-17-35(18-20-36)34-11-7-6-8-12-34;1-3-13-30(14-4-1)33-25-28-42-40(29-33)35-17-11-12-22-41(35)45(42)34-26-23-32(24-27-34)44-38-20-9-7-18-36(38)43(31-15-5-2-6-16-31)37-19-8-10-21-39(37)44/h6-31H,1-5H3;1-29H. The minimum atomic E-state index is 0.0233. The average molecular weight is 1230 g/mol. The zero-order chi connectivity index (χ0) is 64.6. The largest absolute Gasteiger partial charge is 0.309 e. The molecule has 16 aromatic carbocycles. The first-order valence-corrected chi connectivity index (χ1v) is 33.5. The second-order valence-electron chi connectivity index (χ2n) is 26.9. The maximum Gasteiger partial charge on any atom is 0.0541 e. The van der Waals surface area contributed by atoms with Gasteiger partial charge in [-0.05, 0) is 207 Å². The summed E-state index contributed by atoms with van der Waals surface area (Å²) in [6.07, 6.45) is 0. The fourth-order valence-electron chi connectivity index (χ4n) is 15.2. The highest BCUT2D eigenvalue weighted by atomic mass is 15.0. The van der Waals surface area contributed by atoms with Gasteiger partial charge >= 0.3 is 0 Å². The third-order valence-corrected chi connectivity index (χ3v) is 19.8. The minimum absolute atomic E-state index is 0.0233. The molecule has 0 aliphatic heterocycles. The quantitative estimate of drug-likeness (QED) is 0.134. The van der Waals surface area contributed by atoms with Gasteiger partial charge in [0, 0.05) is 32.9 Å². The molecule has 0 saturated carbocycles. The smallest absolute Gasteiger partial charge is 0.0541 e. The van der Waals surface area contributed by atoms with Crippen LogP contribution in [0, 0.1) is 13.8 Å². The first kappa shape index (κ1) is 58.0. The van der Waals surface area contributed by atoms with Crippen LogP contribution in [0.3, 0.4) is 0 Å². The summed E-state index contributed by atoms with van der Waals surface area (Å²) in [5, 5.41) is 15.3. The molecular formula is C94H70N2. The van der Waals surface area contributed by atoms with Crippen LogP contribution in [-0.2, 0) is 5.41 Å². The van der Waals surface area contributed by atoms with Gasteiger partial charge in [0.15, 0.2) is 0 Å². The average Bonchev–Trinajstić information content (AvgIpc) is 1.11. The van der Waals surface area contributed by atoms with Gasteiger partial charge < -0.3 is 9.13 Å². The van der Waals surface area contributed by atoms with Crippen LogP contribution in [-0.4, -0.2) is 9.13 Å². The van der Waals surface area contributed by atoms with Gasteiger partial charge in [0.1, 0.15) is 0 Å². The lowest BCUT2D eigenvalue weighted by atomic mass is 9.81. The molecule has 2 aromatic heterocycles. The van der Waals surface area contributed by atoms with Gasteiger partial charge in [-0.2, -0.15) is 0 Å². The number of rotatable bonds is 8. The van der Waals surface area contributed by atoms with E-state index in [1.54, 1.807) is 0 Å². The van der Waals surface area contributed by atoms with Crippen molar-refractivity contribution in [3.63, 3.8) is 0 Å². The van der Waals surface area contributed by atoms with Crippen LogP contribution < -0.4 is 0 Å². The minimum Gasteiger partial charge on any atom is -0.309 e. The van der Waals surface area contributed by atoms with E-state index in [1.165, 1.54) is 176 Å². The molecule has 456 valence electrons. The Balaban J connectivity index is 0.000000146. The van der Waals surface area contributed by atoms with Crippen molar-refractivity contribution in [2.45, 2.75) is 40.0 Å². The van der Waals surface area contributed by atoms with Gasteiger partial charge in [0.25, 0.3) is 0 Å². The van der Waals surface area contributed by atoms with E-state index >= 15 is 0 Å². The molecule has 0 aliphatic carbocycles. The van der Waals surface area contributed by atoms with Crippen LogP contribution in [0.25, 0.3) is 165 Å². The maximum atomic E-state index is 2.45. The number of hydrogen-bond acceptors (Lipinski definition) is 0. The molecule has 0 N–H and O–H groups in total. The summed E-state index contributed by atoms with van der Waals surface area (Å²) in [6.45, 7) is 11.3. The molecule has 2 heteroatoms. The van der Waals surface area contributed by atoms with Crippen molar-refractivity contribution in [3.8, 4) is 78.1 Å². The molecule has 0 saturated heterocycles. The molecule has 0 bridgehead atoms. The normalized spacial score (nSPS) is 11.8. The molecule has 0 amide bonds. The fourth-order valence-corrected chi connectivity index (χ4v) is 15.2. The molecule has 0 unspecified atom stereocenters. The number of aryl methyl sites for hydroxylation is 2. The third-order valence-electron chi connectivity index (χ3n) is 19.8. The number of aromatic nitrogens is 2.